The number of nitrogens with zero attached hydrogens (tertiary/aromatic N) is 2. The number of carbonyl (C=O) groups is 1. The van der Waals surface area contributed by atoms with E-state index in [1.165, 1.54) is 12.1 Å². The van der Waals surface area contributed by atoms with Gasteiger partial charge in [0.2, 0.25) is 5.91 Å². The number of aromatic amines is 1. The minimum Gasteiger partial charge on any atom is -0.342 e. The Bertz CT molecular complexity index is 624. The molecule has 1 unspecified atom stereocenters. The highest BCUT2D eigenvalue weighted by molar-refractivity contribution is 6.31. The lowest BCUT2D eigenvalue weighted by Gasteiger charge is -2.17. The van der Waals surface area contributed by atoms with Crippen LogP contribution in [0, 0.1) is 5.82 Å². The van der Waals surface area contributed by atoms with Crippen molar-refractivity contribution in [2.24, 2.45) is 0 Å². The second-order valence-corrected chi connectivity index (χ2v) is 5.62. The monoisotopic (exact) mass is 307 g/mol. The van der Waals surface area contributed by atoms with Crippen molar-refractivity contribution in [1.29, 1.82) is 0 Å². The summed E-state index contributed by atoms with van der Waals surface area (Å²) in [6.45, 7) is 1.31. The zero-order chi connectivity index (χ0) is 14.8. The molecule has 6 heteroatoms. The molecule has 1 aliphatic heterocycles. The van der Waals surface area contributed by atoms with Crippen LogP contribution in [-0.4, -0.2) is 34.1 Å². The van der Waals surface area contributed by atoms with Crippen LogP contribution in [0.5, 0.6) is 0 Å². The Balaban J connectivity index is 1.67. The first-order valence-corrected chi connectivity index (χ1v) is 7.23. The van der Waals surface area contributed by atoms with Crippen molar-refractivity contribution in [2.45, 2.75) is 18.8 Å². The Morgan fingerprint density at radius 1 is 1.48 bits per heavy atom. The van der Waals surface area contributed by atoms with Crippen molar-refractivity contribution in [3.8, 4) is 0 Å². The van der Waals surface area contributed by atoms with Gasteiger partial charge in [0.05, 0.1) is 6.42 Å². The molecule has 0 aliphatic carbocycles. The van der Waals surface area contributed by atoms with Crippen molar-refractivity contribution < 1.29 is 9.18 Å². The maximum atomic E-state index is 13.7. The number of rotatable bonds is 3. The molecule has 0 saturated carbocycles. The molecular formula is C15H15ClFN3O. The maximum absolute atomic E-state index is 13.7. The third-order valence-corrected chi connectivity index (χ3v) is 4.25. The highest BCUT2D eigenvalue weighted by Crippen LogP contribution is 2.27. The van der Waals surface area contributed by atoms with E-state index in [2.05, 4.69) is 10.2 Å². The van der Waals surface area contributed by atoms with Gasteiger partial charge in [-0.25, -0.2) is 4.39 Å². The Morgan fingerprint density at radius 2 is 2.33 bits per heavy atom. The molecule has 1 saturated heterocycles. The van der Waals surface area contributed by atoms with Crippen molar-refractivity contribution in [1.82, 2.24) is 15.1 Å². The quantitative estimate of drug-likeness (QED) is 0.948. The van der Waals surface area contributed by atoms with Crippen LogP contribution in [0.1, 0.15) is 23.6 Å². The van der Waals surface area contributed by atoms with Crippen molar-refractivity contribution >= 4 is 17.5 Å². The number of benzene rings is 1. The van der Waals surface area contributed by atoms with Crippen molar-refractivity contribution in [2.75, 3.05) is 13.1 Å². The van der Waals surface area contributed by atoms with Gasteiger partial charge in [-0.15, -0.1) is 0 Å². The first-order chi connectivity index (χ1) is 10.1. The van der Waals surface area contributed by atoms with E-state index < -0.39 is 5.82 Å². The smallest absolute Gasteiger partial charge is 0.227 e. The molecular weight excluding hydrogens is 293 g/mol. The van der Waals surface area contributed by atoms with E-state index in [1.807, 2.05) is 6.07 Å². The summed E-state index contributed by atoms with van der Waals surface area (Å²) in [6.07, 6.45) is 2.60. The summed E-state index contributed by atoms with van der Waals surface area (Å²) in [5, 5.41) is 7.17. The number of likely N-dealkylation sites (tertiary alicyclic amines) is 1. The second kappa shape index (κ2) is 5.85. The Morgan fingerprint density at radius 3 is 3.05 bits per heavy atom. The lowest BCUT2D eigenvalue weighted by Crippen LogP contribution is -2.30. The first-order valence-electron chi connectivity index (χ1n) is 6.85. The summed E-state index contributed by atoms with van der Waals surface area (Å²) >= 11 is 5.97. The zero-order valence-electron chi connectivity index (χ0n) is 11.4. The standard InChI is InChI=1S/C15H15ClFN3O/c16-12-2-1-3-13(17)11(12)8-15(21)20-7-5-10(9-20)14-4-6-18-19-14/h1-4,6,10H,5,7-9H2,(H,18,19). The fourth-order valence-corrected chi connectivity index (χ4v) is 2.93. The minimum absolute atomic E-state index is 0.00119. The molecule has 0 spiro atoms. The molecule has 3 rings (SSSR count). The van der Waals surface area contributed by atoms with Crippen molar-refractivity contribution in [3.05, 3.63) is 52.6 Å². The van der Waals surface area contributed by atoms with Gasteiger partial charge in [0.25, 0.3) is 0 Å². The highest BCUT2D eigenvalue weighted by Gasteiger charge is 2.28. The molecule has 4 nitrogen and oxygen atoms in total. The van der Waals surface area contributed by atoms with E-state index >= 15 is 0 Å². The molecule has 1 aliphatic rings. The van der Waals surface area contributed by atoms with Gasteiger partial charge in [-0.3, -0.25) is 9.89 Å². The molecule has 0 radical (unpaired) electrons. The van der Waals surface area contributed by atoms with Gasteiger partial charge < -0.3 is 4.90 Å². The van der Waals surface area contributed by atoms with Crippen molar-refractivity contribution in [3.63, 3.8) is 0 Å². The van der Waals surface area contributed by atoms with Crippen LogP contribution in [0.3, 0.4) is 0 Å². The predicted molar refractivity (Wildman–Crippen MR) is 77.6 cm³/mol. The maximum Gasteiger partial charge on any atom is 0.227 e. The van der Waals surface area contributed by atoms with E-state index in [9.17, 15) is 9.18 Å². The molecule has 110 valence electrons. The molecule has 2 aromatic rings. The van der Waals surface area contributed by atoms with E-state index in [0.29, 0.717) is 18.1 Å². The minimum atomic E-state index is -0.430. The molecule has 1 amide bonds. The SMILES string of the molecule is O=C(Cc1c(F)cccc1Cl)N1CCC(c2ccn[nH]2)C1. The van der Waals surface area contributed by atoms with E-state index in [-0.39, 0.29) is 23.8 Å². The molecule has 0 bridgehead atoms. The molecule has 1 fully saturated rings. The van der Waals surface area contributed by atoms with Crippen LogP contribution in [0.4, 0.5) is 4.39 Å². The largest absolute Gasteiger partial charge is 0.342 e. The van der Waals surface area contributed by atoms with Crippen LogP contribution in [0.2, 0.25) is 5.02 Å². The van der Waals surface area contributed by atoms with Crippen LogP contribution >= 0.6 is 11.6 Å². The number of nitrogens with one attached hydrogen (secondary N) is 1. The number of H-pyrrole nitrogens is 1. The third-order valence-electron chi connectivity index (χ3n) is 3.89. The lowest BCUT2D eigenvalue weighted by atomic mass is 10.1. The van der Waals surface area contributed by atoms with E-state index in [4.69, 9.17) is 11.6 Å². The lowest BCUT2D eigenvalue weighted by molar-refractivity contribution is -0.129. The third kappa shape index (κ3) is 2.93. The fraction of sp³-hybridized carbons (Fsp3) is 0.333. The van der Waals surface area contributed by atoms with Crippen LogP contribution < -0.4 is 0 Å². The topological polar surface area (TPSA) is 49.0 Å². The summed E-state index contributed by atoms with van der Waals surface area (Å²) < 4.78 is 13.7. The summed E-state index contributed by atoms with van der Waals surface area (Å²) in [5.74, 6) is -0.253. The number of aromatic nitrogens is 2. The number of hydrogen-bond donors (Lipinski definition) is 1. The number of halogens is 2. The van der Waals surface area contributed by atoms with Crippen LogP contribution in [0.25, 0.3) is 0 Å². The molecule has 1 N–H and O–H groups in total. The fourth-order valence-electron chi connectivity index (χ4n) is 2.70. The first kappa shape index (κ1) is 14.1. The van der Waals surface area contributed by atoms with Gasteiger partial charge >= 0.3 is 0 Å². The summed E-state index contributed by atoms with van der Waals surface area (Å²) in [5.41, 5.74) is 1.31. The predicted octanol–water partition coefficient (Wildman–Crippen LogP) is 2.76. The van der Waals surface area contributed by atoms with Crippen LogP contribution in [0.15, 0.2) is 30.5 Å². The number of amides is 1. The summed E-state index contributed by atoms with van der Waals surface area (Å²) in [7, 11) is 0. The Hall–Kier alpha value is -1.88. The van der Waals surface area contributed by atoms with Gasteiger partial charge in [-0.1, -0.05) is 17.7 Å². The van der Waals surface area contributed by atoms with Gasteiger partial charge in [0.15, 0.2) is 0 Å². The van der Waals surface area contributed by atoms with Gasteiger partial charge in [-0.2, -0.15) is 5.10 Å². The average Bonchev–Trinajstić information content (AvgIpc) is 3.12. The molecule has 1 aromatic heterocycles. The molecule has 1 atom stereocenters. The van der Waals surface area contributed by atoms with Gasteiger partial charge in [0.1, 0.15) is 5.82 Å². The normalized spacial score (nSPS) is 18.2. The van der Waals surface area contributed by atoms with E-state index in [0.717, 1.165) is 12.1 Å². The van der Waals surface area contributed by atoms with Gasteiger partial charge in [-0.05, 0) is 24.6 Å². The van der Waals surface area contributed by atoms with E-state index in [1.54, 1.807) is 17.2 Å². The Labute approximate surface area is 126 Å². The second-order valence-electron chi connectivity index (χ2n) is 5.21. The number of hydrogen-bond acceptors (Lipinski definition) is 2. The average molecular weight is 308 g/mol. The molecule has 21 heavy (non-hydrogen) atoms. The van der Waals surface area contributed by atoms with Crippen LogP contribution in [-0.2, 0) is 11.2 Å². The summed E-state index contributed by atoms with van der Waals surface area (Å²) in [6, 6.07) is 6.39. The summed E-state index contributed by atoms with van der Waals surface area (Å²) in [4.78, 5) is 14.1. The zero-order valence-corrected chi connectivity index (χ0v) is 12.1. The highest BCUT2D eigenvalue weighted by atomic mass is 35.5. The Kier molecular flexibility index (Phi) is 3.92. The molecule has 1 aromatic carbocycles. The molecule has 2 heterocycles. The van der Waals surface area contributed by atoms with Gasteiger partial charge in [0, 0.05) is 41.5 Å². The number of carbonyl (C=O) groups excluding carboxylic acids is 1.